The predicted molar refractivity (Wildman–Crippen MR) is 115 cm³/mol. The lowest BCUT2D eigenvalue weighted by atomic mass is 9.75. The summed E-state index contributed by atoms with van der Waals surface area (Å²) in [5.74, 6) is -1.89. The minimum absolute atomic E-state index is 0.113. The van der Waals surface area contributed by atoms with Crippen molar-refractivity contribution in [3.8, 4) is 0 Å². The summed E-state index contributed by atoms with van der Waals surface area (Å²) in [6.07, 6.45) is 1.71. The lowest BCUT2D eigenvalue weighted by Gasteiger charge is -2.36. The molecule has 1 spiro atoms. The third kappa shape index (κ3) is 2.29. The van der Waals surface area contributed by atoms with E-state index in [0.717, 1.165) is 29.5 Å². The van der Waals surface area contributed by atoms with Crippen LogP contribution in [0.25, 0.3) is 0 Å². The zero-order valence-corrected chi connectivity index (χ0v) is 17.9. The number of imide groups is 1. The standard InChI is InChI=1S/C24H22ClN3O3/c1-13-10-15-20(16(25)11-13)26-23(31)24(15)19-18(17-8-5-9-28(17)24)21(29)27(22(19)30)12-14-6-3-2-4-7-14/h2-4,6-7,10-11,17-19H,5,8-9,12H2,1H3,(H,26,31)/t17-,18+,19-,24+/m0/s1. The fourth-order valence-electron chi connectivity index (χ4n) is 6.38. The van der Waals surface area contributed by atoms with Crippen molar-refractivity contribution in [2.24, 2.45) is 11.8 Å². The first-order valence-corrected chi connectivity index (χ1v) is 11.1. The van der Waals surface area contributed by atoms with E-state index < -0.39 is 17.4 Å². The molecule has 31 heavy (non-hydrogen) atoms. The van der Waals surface area contributed by atoms with Gasteiger partial charge in [-0.15, -0.1) is 0 Å². The number of carbonyl (C=O) groups excluding carboxylic acids is 3. The number of halogens is 1. The Hall–Kier alpha value is -2.70. The summed E-state index contributed by atoms with van der Waals surface area (Å²) in [5.41, 5.74) is 1.97. The molecule has 0 radical (unpaired) electrons. The van der Waals surface area contributed by atoms with Crippen molar-refractivity contribution in [3.05, 3.63) is 64.2 Å². The van der Waals surface area contributed by atoms with Crippen LogP contribution in [0, 0.1) is 18.8 Å². The molecular formula is C24H22ClN3O3. The fraction of sp³-hybridized carbons (Fsp3) is 0.375. The third-order valence-electron chi connectivity index (χ3n) is 7.47. The van der Waals surface area contributed by atoms with Gasteiger partial charge in [0.1, 0.15) is 5.54 Å². The van der Waals surface area contributed by atoms with Crippen molar-refractivity contribution in [2.45, 2.75) is 37.9 Å². The molecule has 3 amide bonds. The molecule has 4 atom stereocenters. The maximum atomic E-state index is 13.8. The molecule has 2 aromatic rings. The Morgan fingerprint density at radius 3 is 2.68 bits per heavy atom. The van der Waals surface area contributed by atoms with Gasteiger partial charge in [-0.1, -0.05) is 48.0 Å². The third-order valence-corrected chi connectivity index (χ3v) is 7.77. The average molecular weight is 436 g/mol. The predicted octanol–water partition coefficient (Wildman–Crippen LogP) is 3.08. The number of anilines is 1. The summed E-state index contributed by atoms with van der Waals surface area (Å²) in [5, 5.41) is 3.43. The van der Waals surface area contributed by atoms with Gasteiger partial charge in [0.2, 0.25) is 11.8 Å². The van der Waals surface area contributed by atoms with Crippen molar-refractivity contribution < 1.29 is 14.4 Å². The first-order chi connectivity index (χ1) is 14.9. The van der Waals surface area contributed by atoms with Gasteiger partial charge < -0.3 is 5.32 Å². The molecular weight excluding hydrogens is 414 g/mol. The van der Waals surface area contributed by atoms with Crippen molar-refractivity contribution in [2.75, 3.05) is 11.9 Å². The van der Waals surface area contributed by atoms with Crippen LogP contribution in [-0.2, 0) is 26.5 Å². The number of fused-ring (bicyclic) bond motifs is 7. The Morgan fingerprint density at radius 2 is 1.90 bits per heavy atom. The molecule has 0 unspecified atom stereocenters. The molecule has 4 aliphatic rings. The SMILES string of the molecule is Cc1cc(Cl)c2c(c1)[C@]1(C(=O)N2)[C@@H]2C(=O)N(Cc3ccccc3)C(=O)[C@@H]2[C@@H]2CCCN21. The number of aryl methyl sites for hydroxylation is 1. The summed E-state index contributed by atoms with van der Waals surface area (Å²) in [6.45, 7) is 2.85. The molecule has 2 aromatic carbocycles. The van der Waals surface area contributed by atoms with Crippen LogP contribution in [0.3, 0.4) is 0 Å². The quantitative estimate of drug-likeness (QED) is 0.736. The highest BCUT2D eigenvalue weighted by Crippen LogP contribution is 2.61. The molecule has 6 nitrogen and oxygen atoms in total. The van der Waals surface area contributed by atoms with Crippen molar-refractivity contribution in [3.63, 3.8) is 0 Å². The zero-order valence-electron chi connectivity index (χ0n) is 17.1. The van der Waals surface area contributed by atoms with Gasteiger partial charge in [-0.2, -0.15) is 0 Å². The lowest BCUT2D eigenvalue weighted by molar-refractivity contribution is -0.146. The van der Waals surface area contributed by atoms with Gasteiger partial charge in [-0.25, -0.2) is 0 Å². The van der Waals surface area contributed by atoms with Crippen LogP contribution >= 0.6 is 11.6 Å². The normalized spacial score (nSPS) is 31.4. The summed E-state index contributed by atoms with van der Waals surface area (Å²) in [7, 11) is 0. The zero-order chi connectivity index (χ0) is 21.5. The van der Waals surface area contributed by atoms with Crippen molar-refractivity contribution in [1.82, 2.24) is 9.80 Å². The molecule has 7 heteroatoms. The van der Waals surface area contributed by atoms with Crippen LogP contribution in [0.4, 0.5) is 5.69 Å². The van der Waals surface area contributed by atoms with Crippen molar-refractivity contribution in [1.29, 1.82) is 0 Å². The number of benzene rings is 2. The van der Waals surface area contributed by atoms with E-state index >= 15 is 0 Å². The Labute approximate surface area is 185 Å². The highest BCUT2D eigenvalue weighted by Gasteiger charge is 2.74. The number of likely N-dealkylation sites (tertiary alicyclic amines) is 1. The van der Waals surface area contributed by atoms with Gasteiger partial charge >= 0.3 is 0 Å². The molecule has 158 valence electrons. The maximum Gasteiger partial charge on any atom is 0.250 e. The summed E-state index contributed by atoms with van der Waals surface area (Å²) < 4.78 is 0. The molecule has 4 aliphatic heterocycles. The number of nitrogens with zero attached hydrogens (tertiary/aromatic N) is 2. The first kappa shape index (κ1) is 19.0. The van der Waals surface area contributed by atoms with Crippen LogP contribution < -0.4 is 5.32 Å². The fourth-order valence-corrected chi connectivity index (χ4v) is 6.70. The number of carbonyl (C=O) groups is 3. The molecule has 6 rings (SSSR count). The van der Waals surface area contributed by atoms with E-state index in [1.54, 1.807) is 0 Å². The van der Waals surface area contributed by atoms with Crippen LogP contribution in [-0.4, -0.2) is 40.1 Å². The van der Waals surface area contributed by atoms with Crippen LogP contribution in [0.5, 0.6) is 0 Å². The van der Waals surface area contributed by atoms with Crippen LogP contribution in [0.1, 0.15) is 29.5 Å². The minimum Gasteiger partial charge on any atom is -0.323 e. The number of hydrogen-bond donors (Lipinski definition) is 1. The average Bonchev–Trinajstić information content (AvgIpc) is 3.45. The van der Waals surface area contributed by atoms with E-state index in [9.17, 15) is 14.4 Å². The highest BCUT2D eigenvalue weighted by molar-refractivity contribution is 6.35. The molecule has 3 fully saturated rings. The van der Waals surface area contributed by atoms with Gasteiger partial charge in [0, 0.05) is 11.6 Å². The second kappa shape index (κ2) is 6.40. The van der Waals surface area contributed by atoms with E-state index in [1.165, 1.54) is 4.90 Å². The molecule has 0 bridgehead atoms. The maximum absolute atomic E-state index is 13.8. The number of nitrogens with one attached hydrogen (secondary N) is 1. The Morgan fingerprint density at radius 1 is 1.13 bits per heavy atom. The second-order valence-electron chi connectivity index (χ2n) is 9.04. The lowest BCUT2D eigenvalue weighted by Crippen LogP contribution is -2.54. The topological polar surface area (TPSA) is 69.7 Å². The minimum atomic E-state index is -1.17. The summed E-state index contributed by atoms with van der Waals surface area (Å²) in [6, 6.07) is 13.2. The van der Waals surface area contributed by atoms with Gasteiger partial charge in [-0.3, -0.25) is 24.2 Å². The molecule has 4 heterocycles. The molecule has 0 saturated carbocycles. The van der Waals surface area contributed by atoms with Crippen LogP contribution in [0.15, 0.2) is 42.5 Å². The van der Waals surface area contributed by atoms with E-state index in [-0.39, 0.29) is 30.3 Å². The molecule has 0 aromatic heterocycles. The smallest absolute Gasteiger partial charge is 0.250 e. The van der Waals surface area contributed by atoms with Gasteiger partial charge in [0.05, 0.1) is 29.1 Å². The molecule has 3 saturated heterocycles. The van der Waals surface area contributed by atoms with Crippen LogP contribution in [0.2, 0.25) is 5.02 Å². The largest absolute Gasteiger partial charge is 0.323 e. The van der Waals surface area contributed by atoms with E-state index in [0.29, 0.717) is 17.3 Å². The van der Waals surface area contributed by atoms with Gasteiger partial charge in [-0.05, 0) is 43.5 Å². The molecule has 0 aliphatic carbocycles. The Bertz CT molecular complexity index is 1150. The second-order valence-corrected chi connectivity index (χ2v) is 9.45. The van der Waals surface area contributed by atoms with E-state index in [1.807, 2.05) is 49.4 Å². The Balaban J connectivity index is 1.52. The first-order valence-electron chi connectivity index (χ1n) is 10.7. The summed E-state index contributed by atoms with van der Waals surface area (Å²) in [4.78, 5) is 44.5. The highest BCUT2D eigenvalue weighted by atomic mass is 35.5. The van der Waals surface area contributed by atoms with E-state index in [2.05, 4.69) is 10.2 Å². The van der Waals surface area contributed by atoms with Crippen molar-refractivity contribution >= 4 is 35.0 Å². The number of rotatable bonds is 2. The number of amides is 3. The molecule has 1 N–H and O–H groups in total. The van der Waals surface area contributed by atoms with Gasteiger partial charge in [0.15, 0.2) is 0 Å². The van der Waals surface area contributed by atoms with E-state index in [4.69, 9.17) is 11.6 Å². The summed E-state index contributed by atoms with van der Waals surface area (Å²) >= 11 is 6.49. The Kier molecular flexibility index (Phi) is 3.93. The number of hydrogen-bond acceptors (Lipinski definition) is 4. The monoisotopic (exact) mass is 435 g/mol. The van der Waals surface area contributed by atoms with Gasteiger partial charge in [0.25, 0.3) is 5.91 Å².